The van der Waals surface area contributed by atoms with Crippen molar-refractivity contribution in [1.82, 2.24) is 0 Å². The zero-order chi connectivity index (χ0) is 10.4. The third kappa shape index (κ3) is 7.68. The molecule has 0 aromatic carbocycles. The highest BCUT2D eigenvalue weighted by Gasteiger charge is 2.46. The normalized spacial score (nSPS) is 13.8. The maximum Gasteiger partial charge on any atom is 0.425 e. The molecule has 76 valence electrons. The second-order valence-corrected chi connectivity index (χ2v) is 1.98. The molecule has 1 atom stereocenters. The van der Waals surface area contributed by atoms with E-state index in [0.717, 1.165) is 0 Å². The van der Waals surface area contributed by atoms with Crippen molar-refractivity contribution in [2.45, 2.75) is 39.0 Å². The summed E-state index contributed by atoms with van der Waals surface area (Å²) in [5, 5.41) is 0. The van der Waals surface area contributed by atoms with Gasteiger partial charge in [-0.25, -0.2) is 13.2 Å². The predicted octanol–water partition coefficient (Wildman–Crippen LogP) is 3.57. The molecule has 0 aromatic rings. The van der Waals surface area contributed by atoms with Crippen LogP contribution in [0.1, 0.15) is 20.3 Å². The van der Waals surface area contributed by atoms with Gasteiger partial charge in [-0.3, -0.25) is 0 Å². The quantitative estimate of drug-likeness (QED) is 0.562. The van der Waals surface area contributed by atoms with Crippen molar-refractivity contribution in [1.29, 1.82) is 0 Å². The first kappa shape index (κ1) is 14.1. The Morgan fingerprint density at radius 1 is 1.00 bits per heavy atom. The highest BCUT2D eigenvalue weighted by atomic mass is 19.4. The summed E-state index contributed by atoms with van der Waals surface area (Å²) in [4.78, 5) is 0. The van der Waals surface area contributed by atoms with Crippen LogP contribution in [0, 0.1) is 0 Å². The molecular weight excluding hydrogens is 186 g/mol. The molecule has 0 aliphatic heterocycles. The third-order valence-electron chi connectivity index (χ3n) is 0.534. The van der Waals surface area contributed by atoms with Gasteiger partial charge in [-0.15, -0.1) is 0 Å². The van der Waals surface area contributed by atoms with E-state index in [2.05, 4.69) is 13.8 Å². The molecule has 12 heavy (non-hydrogen) atoms. The first-order valence-electron chi connectivity index (χ1n) is 3.26. The van der Waals surface area contributed by atoms with Gasteiger partial charge < -0.3 is 0 Å². The van der Waals surface area contributed by atoms with Gasteiger partial charge in [0.15, 0.2) is 0 Å². The molecule has 6 heteroatoms. The van der Waals surface area contributed by atoms with E-state index in [-0.39, 0.29) is 0 Å². The van der Waals surface area contributed by atoms with Crippen molar-refractivity contribution < 1.29 is 26.3 Å². The van der Waals surface area contributed by atoms with Gasteiger partial charge in [-0.1, -0.05) is 20.3 Å². The van der Waals surface area contributed by atoms with E-state index in [4.69, 9.17) is 0 Å². The van der Waals surface area contributed by atoms with Gasteiger partial charge in [0.25, 0.3) is 12.6 Å². The molecule has 1 unspecified atom stereocenters. The van der Waals surface area contributed by atoms with E-state index in [1.54, 1.807) is 0 Å². The maximum atomic E-state index is 11.2. The van der Waals surface area contributed by atoms with Gasteiger partial charge in [-0.05, 0) is 0 Å². The van der Waals surface area contributed by atoms with Crippen LogP contribution in [0.2, 0.25) is 0 Å². The van der Waals surface area contributed by atoms with Crippen LogP contribution in [-0.2, 0) is 0 Å². The molecular formula is C6H10F6. The molecule has 0 amide bonds. The van der Waals surface area contributed by atoms with E-state index in [9.17, 15) is 26.3 Å². The summed E-state index contributed by atoms with van der Waals surface area (Å²) < 4.78 is 65.4. The molecule has 0 heterocycles. The molecule has 0 nitrogen and oxygen atoms in total. The fourth-order valence-electron chi connectivity index (χ4n) is 0.143. The van der Waals surface area contributed by atoms with E-state index in [0.29, 0.717) is 0 Å². The molecule has 0 aromatic heterocycles. The van der Waals surface area contributed by atoms with Crippen molar-refractivity contribution in [3.05, 3.63) is 0 Å². The van der Waals surface area contributed by atoms with Crippen molar-refractivity contribution in [2.24, 2.45) is 0 Å². The monoisotopic (exact) mass is 196 g/mol. The van der Waals surface area contributed by atoms with Crippen molar-refractivity contribution >= 4 is 0 Å². The molecule has 0 rings (SSSR count). The second-order valence-electron chi connectivity index (χ2n) is 1.98. The number of hydrogen-bond donors (Lipinski definition) is 0. The van der Waals surface area contributed by atoms with Crippen LogP contribution < -0.4 is 0 Å². The van der Waals surface area contributed by atoms with Gasteiger partial charge in [0.1, 0.15) is 0 Å². The fraction of sp³-hybridized carbons (Fsp3) is 1.00. The standard InChI is InChI=1S/C3H2F6.C3H8/c4-1(2(5)6)3(7,8)9;1-3-2/h1-2H;3H2,1-2H3. The average molecular weight is 196 g/mol. The average Bonchev–Trinajstić information content (AvgIpc) is 1.85. The number of halogens is 6. The van der Waals surface area contributed by atoms with E-state index in [1.165, 1.54) is 6.42 Å². The highest BCUT2D eigenvalue weighted by Crippen LogP contribution is 2.27. The third-order valence-corrected chi connectivity index (χ3v) is 0.534. The van der Waals surface area contributed by atoms with E-state index < -0.39 is 18.8 Å². The second kappa shape index (κ2) is 6.14. The van der Waals surface area contributed by atoms with Crippen LogP contribution in [0.4, 0.5) is 26.3 Å². The predicted molar refractivity (Wildman–Crippen MR) is 32.9 cm³/mol. The SMILES string of the molecule is CCC.FC(F)C(F)C(F)(F)F. The zero-order valence-corrected chi connectivity index (χ0v) is 6.63. The molecule has 0 saturated carbocycles. The largest absolute Gasteiger partial charge is 0.425 e. The summed E-state index contributed by atoms with van der Waals surface area (Å²) in [5.74, 6) is 0. The highest BCUT2D eigenvalue weighted by molar-refractivity contribution is 4.67. The lowest BCUT2D eigenvalue weighted by Gasteiger charge is -2.09. The summed E-state index contributed by atoms with van der Waals surface area (Å²) in [5.41, 5.74) is 0. The molecule has 0 fully saturated rings. The van der Waals surface area contributed by atoms with Crippen molar-refractivity contribution in [3.63, 3.8) is 0 Å². The Labute approximate surface area is 66.6 Å². The van der Waals surface area contributed by atoms with Gasteiger partial charge in [0.05, 0.1) is 0 Å². The Bertz CT molecular complexity index is 96.7. The first-order valence-corrected chi connectivity index (χ1v) is 3.26. The molecule has 0 saturated heterocycles. The fourth-order valence-corrected chi connectivity index (χ4v) is 0.143. The zero-order valence-electron chi connectivity index (χ0n) is 6.63. The Hall–Kier alpha value is -0.420. The summed E-state index contributed by atoms with van der Waals surface area (Å²) in [6.45, 7) is 4.25. The Morgan fingerprint density at radius 3 is 1.25 bits per heavy atom. The smallest absolute Gasteiger partial charge is 0.231 e. The summed E-state index contributed by atoms with van der Waals surface area (Å²) in [6, 6.07) is 0. The van der Waals surface area contributed by atoms with Gasteiger partial charge in [0, 0.05) is 0 Å². The minimum Gasteiger partial charge on any atom is -0.231 e. The van der Waals surface area contributed by atoms with Crippen molar-refractivity contribution in [3.8, 4) is 0 Å². The molecule has 0 bridgehead atoms. The van der Waals surface area contributed by atoms with Gasteiger partial charge >= 0.3 is 6.18 Å². The van der Waals surface area contributed by atoms with Gasteiger partial charge in [-0.2, -0.15) is 13.2 Å². The van der Waals surface area contributed by atoms with E-state index in [1.807, 2.05) is 0 Å². The molecule has 0 aliphatic carbocycles. The van der Waals surface area contributed by atoms with Crippen LogP contribution in [0.5, 0.6) is 0 Å². The lowest BCUT2D eigenvalue weighted by molar-refractivity contribution is -0.211. The number of alkyl halides is 6. The summed E-state index contributed by atoms with van der Waals surface area (Å²) >= 11 is 0. The maximum absolute atomic E-state index is 11.2. The summed E-state index contributed by atoms with van der Waals surface area (Å²) in [6.07, 6.45) is -12.2. The van der Waals surface area contributed by atoms with Crippen LogP contribution >= 0.6 is 0 Å². The van der Waals surface area contributed by atoms with Crippen LogP contribution in [-0.4, -0.2) is 18.8 Å². The molecule has 0 radical (unpaired) electrons. The molecule has 0 N–H and O–H groups in total. The van der Waals surface area contributed by atoms with Crippen LogP contribution in [0.3, 0.4) is 0 Å². The lowest BCUT2D eigenvalue weighted by Crippen LogP contribution is -2.30. The van der Waals surface area contributed by atoms with Crippen molar-refractivity contribution in [2.75, 3.05) is 0 Å². The molecule has 0 aliphatic rings. The van der Waals surface area contributed by atoms with E-state index >= 15 is 0 Å². The minimum absolute atomic E-state index is 1.25. The van der Waals surface area contributed by atoms with Crippen LogP contribution in [0.15, 0.2) is 0 Å². The minimum atomic E-state index is -5.44. The van der Waals surface area contributed by atoms with Gasteiger partial charge in [0.2, 0.25) is 0 Å². The molecule has 0 spiro atoms. The lowest BCUT2D eigenvalue weighted by atomic mass is 10.4. The van der Waals surface area contributed by atoms with Crippen LogP contribution in [0.25, 0.3) is 0 Å². The Balaban J connectivity index is 0. The Morgan fingerprint density at radius 2 is 1.25 bits per heavy atom. The Kier molecular flexibility index (Phi) is 7.22. The topological polar surface area (TPSA) is 0 Å². The number of rotatable bonds is 1. The number of hydrogen-bond acceptors (Lipinski definition) is 0. The summed E-state index contributed by atoms with van der Waals surface area (Å²) in [7, 11) is 0. The first-order chi connectivity index (χ1) is 5.27.